The van der Waals surface area contributed by atoms with Crippen LogP contribution in [0.3, 0.4) is 0 Å². The van der Waals surface area contributed by atoms with Crippen molar-refractivity contribution in [2.75, 3.05) is 6.54 Å². The Morgan fingerprint density at radius 1 is 1.14 bits per heavy atom. The fourth-order valence-electron chi connectivity index (χ4n) is 3.66. The average Bonchev–Trinajstić information content (AvgIpc) is 2.87. The normalized spacial score (nSPS) is 17.7. The van der Waals surface area contributed by atoms with Crippen LogP contribution >= 0.6 is 0 Å². The van der Waals surface area contributed by atoms with Crippen LogP contribution < -0.4 is 5.32 Å². The van der Waals surface area contributed by atoms with Crippen LogP contribution in [0, 0.1) is 19.7 Å². The van der Waals surface area contributed by atoms with Crippen molar-refractivity contribution in [2.45, 2.75) is 26.3 Å². The van der Waals surface area contributed by atoms with Crippen LogP contribution in [0.4, 0.5) is 4.39 Å². The van der Waals surface area contributed by atoms with Gasteiger partial charge in [0, 0.05) is 28.7 Å². The second-order valence-electron chi connectivity index (χ2n) is 6.18. The van der Waals surface area contributed by atoms with Gasteiger partial charge in [0.05, 0.1) is 6.04 Å². The summed E-state index contributed by atoms with van der Waals surface area (Å²) in [5, 5.41) is 4.74. The molecule has 1 aromatic heterocycles. The maximum absolute atomic E-state index is 14.2. The van der Waals surface area contributed by atoms with Gasteiger partial charge in [0.2, 0.25) is 0 Å². The summed E-state index contributed by atoms with van der Waals surface area (Å²) in [6, 6.07) is 11.4. The van der Waals surface area contributed by atoms with E-state index in [9.17, 15) is 4.39 Å². The first-order chi connectivity index (χ1) is 10.6. The monoisotopic (exact) mass is 294 g/mol. The molecule has 22 heavy (non-hydrogen) atoms. The maximum atomic E-state index is 14.2. The number of aryl methyl sites for hydroxylation is 2. The molecule has 0 radical (unpaired) electrons. The molecule has 2 nitrogen and oxygen atoms in total. The molecule has 1 unspecified atom stereocenters. The minimum absolute atomic E-state index is 0.0999. The third-order valence-electron chi connectivity index (χ3n) is 4.62. The Hall–Kier alpha value is -2.13. The molecule has 3 heteroatoms. The average molecular weight is 294 g/mol. The summed E-state index contributed by atoms with van der Waals surface area (Å²) < 4.78 is 14.2. The van der Waals surface area contributed by atoms with Crippen molar-refractivity contribution < 1.29 is 4.39 Å². The van der Waals surface area contributed by atoms with Crippen LogP contribution in [-0.4, -0.2) is 11.5 Å². The van der Waals surface area contributed by atoms with Gasteiger partial charge >= 0.3 is 0 Å². The van der Waals surface area contributed by atoms with Gasteiger partial charge in [-0.15, -0.1) is 0 Å². The molecule has 2 aromatic carbocycles. The smallest absolute Gasteiger partial charge is 0.128 e. The Kier molecular flexibility index (Phi) is 3.05. The van der Waals surface area contributed by atoms with E-state index in [4.69, 9.17) is 0 Å². The third-order valence-corrected chi connectivity index (χ3v) is 4.62. The van der Waals surface area contributed by atoms with E-state index in [1.165, 1.54) is 33.7 Å². The fraction of sp³-hybridized carbons (Fsp3) is 0.263. The number of hydrogen-bond acceptors (Lipinski definition) is 1. The summed E-state index contributed by atoms with van der Waals surface area (Å²) in [5.41, 5.74) is 6.85. The van der Waals surface area contributed by atoms with Crippen LogP contribution in [0.15, 0.2) is 36.4 Å². The van der Waals surface area contributed by atoms with Crippen LogP contribution in [0.2, 0.25) is 0 Å². The van der Waals surface area contributed by atoms with Gasteiger partial charge in [-0.1, -0.05) is 29.8 Å². The summed E-state index contributed by atoms with van der Waals surface area (Å²) >= 11 is 0. The fourth-order valence-corrected chi connectivity index (χ4v) is 3.66. The summed E-state index contributed by atoms with van der Waals surface area (Å²) in [7, 11) is 0. The predicted octanol–water partition coefficient (Wildman–Crippen LogP) is 4.16. The molecule has 0 aliphatic carbocycles. The van der Waals surface area contributed by atoms with E-state index in [0.717, 1.165) is 18.7 Å². The number of rotatable bonds is 1. The lowest BCUT2D eigenvalue weighted by molar-refractivity contribution is 0.523. The Labute approximate surface area is 129 Å². The van der Waals surface area contributed by atoms with Gasteiger partial charge in [0.15, 0.2) is 0 Å². The highest BCUT2D eigenvalue weighted by Gasteiger charge is 2.27. The SMILES string of the molecule is Cc1cc(C)c2[nH]c3c(c2c1)CCNC3c1ccccc1F. The first-order valence-corrected chi connectivity index (χ1v) is 7.74. The molecule has 0 bridgehead atoms. The van der Waals surface area contributed by atoms with E-state index < -0.39 is 0 Å². The number of benzene rings is 2. The minimum atomic E-state index is -0.153. The summed E-state index contributed by atoms with van der Waals surface area (Å²) in [6.45, 7) is 5.12. The first kappa shape index (κ1) is 13.5. The lowest BCUT2D eigenvalue weighted by Gasteiger charge is -2.25. The van der Waals surface area contributed by atoms with Crippen LogP contribution in [0.5, 0.6) is 0 Å². The van der Waals surface area contributed by atoms with Crippen LogP contribution in [0.1, 0.15) is 34.0 Å². The summed E-state index contributed by atoms with van der Waals surface area (Å²) in [6.07, 6.45) is 0.975. The molecule has 0 fully saturated rings. The molecule has 0 saturated heterocycles. The van der Waals surface area contributed by atoms with Gasteiger partial charge in [-0.3, -0.25) is 0 Å². The van der Waals surface area contributed by atoms with Crippen molar-refractivity contribution in [2.24, 2.45) is 0 Å². The number of halogens is 1. The van der Waals surface area contributed by atoms with Crippen molar-refractivity contribution in [3.05, 3.63) is 70.2 Å². The Morgan fingerprint density at radius 3 is 2.77 bits per heavy atom. The van der Waals surface area contributed by atoms with Gasteiger partial charge in [-0.2, -0.15) is 0 Å². The molecular formula is C19H19FN2. The predicted molar refractivity (Wildman–Crippen MR) is 87.7 cm³/mol. The van der Waals surface area contributed by atoms with E-state index in [2.05, 4.69) is 36.3 Å². The van der Waals surface area contributed by atoms with Crippen molar-refractivity contribution in [1.29, 1.82) is 0 Å². The Morgan fingerprint density at radius 2 is 1.95 bits per heavy atom. The van der Waals surface area contributed by atoms with Gasteiger partial charge in [-0.05, 0) is 43.5 Å². The molecule has 1 aliphatic heterocycles. The van der Waals surface area contributed by atoms with Crippen molar-refractivity contribution in [3.63, 3.8) is 0 Å². The first-order valence-electron chi connectivity index (χ1n) is 7.74. The molecular weight excluding hydrogens is 275 g/mol. The zero-order chi connectivity index (χ0) is 15.3. The molecule has 2 heterocycles. The minimum Gasteiger partial charge on any atom is -0.356 e. The maximum Gasteiger partial charge on any atom is 0.128 e. The number of aromatic nitrogens is 1. The highest BCUT2D eigenvalue weighted by molar-refractivity contribution is 5.88. The van der Waals surface area contributed by atoms with Crippen LogP contribution in [-0.2, 0) is 6.42 Å². The molecule has 1 aliphatic rings. The molecule has 3 aromatic rings. The standard InChI is InChI=1S/C19H19FN2/c1-11-9-12(2)17-15(10-11)13-7-8-21-18(19(13)22-17)14-5-3-4-6-16(14)20/h3-6,9-10,18,21-22H,7-8H2,1-2H3. The molecule has 0 spiro atoms. The second kappa shape index (κ2) is 4.96. The quantitative estimate of drug-likeness (QED) is 0.693. The number of aromatic amines is 1. The molecule has 1 atom stereocenters. The highest BCUT2D eigenvalue weighted by Crippen LogP contribution is 2.35. The number of fused-ring (bicyclic) bond motifs is 3. The third kappa shape index (κ3) is 1.97. The highest BCUT2D eigenvalue weighted by atomic mass is 19.1. The number of nitrogens with one attached hydrogen (secondary N) is 2. The molecule has 112 valence electrons. The van der Waals surface area contributed by atoms with Crippen LogP contribution in [0.25, 0.3) is 10.9 Å². The summed E-state index contributed by atoms with van der Waals surface area (Å²) in [4.78, 5) is 3.56. The van der Waals surface area contributed by atoms with E-state index in [1.807, 2.05) is 12.1 Å². The Bertz CT molecular complexity index is 863. The topological polar surface area (TPSA) is 27.8 Å². The van der Waals surface area contributed by atoms with E-state index in [-0.39, 0.29) is 11.9 Å². The molecule has 2 N–H and O–H groups in total. The van der Waals surface area contributed by atoms with Crippen molar-refractivity contribution >= 4 is 10.9 Å². The summed E-state index contributed by atoms with van der Waals surface area (Å²) in [5.74, 6) is -0.153. The van der Waals surface area contributed by atoms with Crippen molar-refractivity contribution in [3.8, 4) is 0 Å². The lowest BCUT2D eigenvalue weighted by Crippen LogP contribution is -2.31. The van der Waals surface area contributed by atoms with Gasteiger partial charge < -0.3 is 10.3 Å². The van der Waals surface area contributed by atoms with Gasteiger partial charge in [-0.25, -0.2) is 4.39 Å². The van der Waals surface area contributed by atoms with E-state index in [0.29, 0.717) is 5.56 Å². The van der Waals surface area contributed by atoms with Gasteiger partial charge in [0.1, 0.15) is 5.82 Å². The second-order valence-corrected chi connectivity index (χ2v) is 6.18. The molecule has 4 rings (SSSR count). The Balaban J connectivity index is 1.95. The van der Waals surface area contributed by atoms with Gasteiger partial charge in [0.25, 0.3) is 0 Å². The van der Waals surface area contributed by atoms with E-state index in [1.54, 1.807) is 6.07 Å². The van der Waals surface area contributed by atoms with Crippen molar-refractivity contribution in [1.82, 2.24) is 10.3 Å². The number of hydrogen-bond donors (Lipinski definition) is 2. The zero-order valence-corrected chi connectivity index (χ0v) is 12.8. The largest absolute Gasteiger partial charge is 0.356 e. The molecule has 0 saturated carbocycles. The lowest BCUT2D eigenvalue weighted by atomic mass is 9.93. The number of H-pyrrole nitrogens is 1. The van der Waals surface area contributed by atoms with E-state index >= 15 is 0 Å². The zero-order valence-electron chi connectivity index (χ0n) is 12.8. The molecule has 0 amide bonds.